The lowest BCUT2D eigenvalue weighted by atomic mass is 10.0. The fourth-order valence-electron chi connectivity index (χ4n) is 3.27. The third-order valence-corrected chi connectivity index (χ3v) is 5.39. The topological polar surface area (TPSA) is 88.9 Å². The van der Waals surface area contributed by atoms with Gasteiger partial charge in [-0.25, -0.2) is 14.3 Å². The van der Waals surface area contributed by atoms with Gasteiger partial charge in [0.1, 0.15) is 11.3 Å². The summed E-state index contributed by atoms with van der Waals surface area (Å²) < 4.78 is 23.9. The van der Waals surface area contributed by atoms with E-state index in [0.29, 0.717) is 29.4 Å². The van der Waals surface area contributed by atoms with Crippen molar-refractivity contribution in [3.8, 4) is 28.4 Å². The van der Waals surface area contributed by atoms with E-state index in [1.54, 1.807) is 18.2 Å². The summed E-state index contributed by atoms with van der Waals surface area (Å²) in [6.07, 6.45) is -0.0579. The Morgan fingerprint density at radius 2 is 1.73 bits per heavy atom. The van der Waals surface area contributed by atoms with Crippen LogP contribution in [0.15, 0.2) is 42.5 Å². The van der Waals surface area contributed by atoms with Gasteiger partial charge in [0.25, 0.3) is 0 Å². The first-order valence-corrected chi connectivity index (χ1v) is 11.4. The second-order valence-corrected chi connectivity index (χ2v) is 8.35. The Morgan fingerprint density at radius 3 is 2.30 bits per heavy atom. The zero-order chi connectivity index (χ0) is 24.1. The number of methoxy groups -OCH3 is 2. The summed E-state index contributed by atoms with van der Waals surface area (Å²) in [7, 11) is 2.50. The fourth-order valence-corrected chi connectivity index (χ4v) is 4.00. The zero-order valence-electron chi connectivity index (χ0n) is 19.0. The number of carbonyl (C=O) groups excluding carboxylic acids is 2. The predicted molar refractivity (Wildman–Crippen MR) is 131 cm³/mol. The molecule has 0 atom stereocenters. The van der Waals surface area contributed by atoms with E-state index in [4.69, 9.17) is 18.9 Å². The number of hydrogen-bond donors (Lipinski definition) is 0. The number of rotatable bonds is 8. The quantitative estimate of drug-likeness (QED) is 0.284. The highest BCUT2D eigenvalue weighted by molar-refractivity contribution is 14.1. The van der Waals surface area contributed by atoms with Crippen LogP contribution in [0, 0.1) is 3.57 Å². The number of aromatic nitrogens is 2. The van der Waals surface area contributed by atoms with Crippen LogP contribution in [0.25, 0.3) is 16.9 Å². The maximum Gasteiger partial charge on any atom is 0.357 e. The number of halogens is 1. The van der Waals surface area contributed by atoms with Crippen molar-refractivity contribution in [2.24, 2.45) is 0 Å². The van der Waals surface area contributed by atoms with E-state index in [0.717, 1.165) is 3.57 Å². The summed E-state index contributed by atoms with van der Waals surface area (Å²) in [5.41, 5.74) is 1.40. The monoisotopic (exact) mass is 564 g/mol. The van der Waals surface area contributed by atoms with Crippen molar-refractivity contribution in [1.29, 1.82) is 0 Å². The molecule has 1 aromatic heterocycles. The molecular formula is C24H25IN2O6. The van der Waals surface area contributed by atoms with Crippen molar-refractivity contribution in [2.45, 2.75) is 26.9 Å². The molecule has 1 heterocycles. The molecule has 0 saturated heterocycles. The summed E-state index contributed by atoms with van der Waals surface area (Å²) in [4.78, 5) is 25.6. The average Bonchev–Trinajstić information content (AvgIpc) is 3.21. The lowest BCUT2D eigenvalue weighted by Gasteiger charge is -2.17. The minimum absolute atomic E-state index is 0.00368. The summed E-state index contributed by atoms with van der Waals surface area (Å²) >= 11 is 2.15. The van der Waals surface area contributed by atoms with E-state index >= 15 is 0 Å². The summed E-state index contributed by atoms with van der Waals surface area (Å²) in [6.45, 7) is 6.15. The number of nitrogens with zero attached hydrogens (tertiary/aromatic N) is 2. The van der Waals surface area contributed by atoms with Crippen LogP contribution in [-0.2, 0) is 9.47 Å². The van der Waals surface area contributed by atoms with Crippen LogP contribution in [0.1, 0.15) is 41.6 Å². The van der Waals surface area contributed by atoms with Gasteiger partial charge in [-0.15, -0.1) is 0 Å². The summed E-state index contributed by atoms with van der Waals surface area (Å²) in [5.74, 6) is -0.301. The van der Waals surface area contributed by atoms with E-state index in [2.05, 4.69) is 27.7 Å². The highest BCUT2D eigenvalue weighted by Crippen LogP contribution is 2.39. The van der Waals surface area contributed by atoms with Crippen LogP contribution in [0.4, 0.5) is 0 Å². The van der Waals surface area contributed by atoms with Crippen molar-refractivity contribution in [2.75, 3.05) is 20.8 Å². The largest absolute Gasteiger partial charge is 0.490 e. The maximum absolute atomic E-state index is 12.9. The Morgan fingerprint density at radius 1 is 1.06 bits per heavy atom. The van der Waals surface area contributed by atoms with Gasteiger partial charge in [-0.3, -0.25) is 0 Å². The minimum Gasteiger partial charge on any atom is -0.490 e. The van der Waals surface area contributed by atoms with Gasteiger partial charge in [-0.05, 0) is 67.6 Å². The molecule has 8 nitrogen and oxygen atoms in total. The van der Waals surface area contributed by atoms with Crippen LogP contribution in [0.5, 0.6) is 11.5 Å². The minimum atomic E-state index is -0.711. The fraction of sp³-hybridized carbons (Fsp3) is 0.292. The molecule has 174 valence electrons. The first-order valence-electron chi connectivity index (χ1n) is 10.3. The number of esters is 2. The molecule has 0 spiro atoms. The lowest BCUT2D eigenvalue weighted by molar-refractivity contribution is 0.0549. The number of carbonyl (C=O) groups is 2. The maximum atomic E-state index is 12.9. The van der Waals surface area contributed by atoms with Crippen molar-refractivity contribution in [3.63, 3.8) is 0 Å². The predicted octanol–water partition coefficient (Wildman–Crippen LogP) is 4.90. The van der Waals surface area contributed by atoms with Crippen molar-refractivity contribution < 1.29 is 28.5 Å². The Labute approximate surface area is 205 Å². The molecule has 0 fully saturated rings. The molecule has 9 heteroatoms. The molecule has 0 aliphatic carbocycles. The zero-order valence-corrected chi connectivity index (χ0v) is 21.2. The molecule has 0 bridgehead atoms. The molecule has 0 radical (unpaired) electrons. The first-order chi connectivity index (χ1) is 15.8. The first kappa shape index (κ1) is 24.6. The molecule has 0 amide bonds. The van der Waals surface area contributed by atoms with Crippen molar-refractivity contribution in [1.82, 2.24) is 9.78 Å². The smallest absolute Gasteiger partial charge is 0.357 e. The number of para-hydroxylation sites is 1. The molecule has 0 N–H and O–H groups in total. The standard InChI is InChI=1S/C24H25IN2O6/c1-6-32-18-13-15(12-17(25)22(18)33-14(2)3)20-19(23(28)30-4)21(24(29)31-5)27(26-20)16-10-8-7-9-11-16/h7-14H,6H2,1-5H3. The normalized spacial score (nSPS) is 10.8. The van der Waals surface area contributed by atoms with Crippen molar-refractivity contribution >= 4 is 34.5 Å². The molecule has 0 aliphatic rings. The molecule has 2 aromatic carbocycles. The van der Waals surface area contributed by atoms with Gasteiger partial charge in [0, 0.05) is 5.56 Å². The van der Waals surface area contributed by atoms with Gasteiger partial charge in [0.2, 0.25) is 0 Å². The molecule has 0 unspecified atom stereocenters. The van der Waals surface area contributed by atoms with E-state index in [-0.39, 0.29) is 23.1 Å². The number of ether oxygens (including phenoxy) is 4. The summed E-state index contributed by atoms with van der Waals surface area (Å²) in [5, 5.41) is 4.64. The van der Waals surface area contributed by atoms with E-state index in [1.807, 2.05) is 45.0 Å². The highest BCUT2D eigenvalue weighted by atomic mass is 127. The lowest BCUT2D eigenvalue weighted by Crippen LogP contribution is -2.15. The number of benzene rings is 2. The van der Waals surface area contributed by atoms with Crippen LogP contribution < -0.4 is 9.47 Å². The Hall–Kier alpha value is -3.08. The molecule has 3 rings (SSSR count). The third kappa shape index (κ3) is 5.13. The van der Waals surface area contributed by atoms with Gasteiger partial charge in [-0.1, -0.05) is 18.2 Å². The van der Waals surface area contributed by atoms with Crippen LogP contribution >= 0.6 is 22.6 Å². The van der Waals surface area contributed by atoms with Crippen LogP contribution in [-0.4, -0.2) is 48.6 Å². The van der Waals surface area contributed by atoms with Gasteiger partial charge >= 0.3 is 11.9 Å². The second kappa shape index (κ2) is 10.7. The molecule has 0 saturated carbocycles. The van der Waals surface area contributed by atoms with Crippen LogP contribution in [0.3, 0.4) is 0 Å². The van der Waals surface area contributed by atoms with E-state index in [9.17, 15) is 9.59 Å². The Kier molecular flexibility index (Phi) is 7.96. The third-order valence-electron chi connectivity index (χ3n) is 4.59. The Balaban J connectivity index is 2.34. The molecular weight excluding hydrogens is 539 g/mol. The highest BCUT2D eigenvalue weighted by Gasteiger charge is 2.32. The molecule has 0 aliphatic heterocycles. The number of hydrogen-bond acceptors (Lipinski definition) is 7. The van der Waals surface area contributed by atoms with E-state index in [1.165, 1.54) is 18.9 Å². The average molecular weight is 564 g/mol. The Bertz CT molecular complexity index is 1160. The molecule has 3 aromatic rings. The SMILES string of the molecule is CCOc1cc(-c2nn(-c3ccccc3)c(C(=O)OC)c2C(=O)OC)cc(I)c1OC(C)C. The second-order valence-electron chi connectivity index (χ2n) is 7.19. The summed E-state index contributed by atoms with van der Waals surface area (Å²) in [6, 6.07) is 12.6. The van der Waals surface area contributed by atoms with Gasteiger partial charge in [0.05, 0.1) is 36.2 Å². The van der Waals surface area contributed by atoms with Gasteiger partial charge in [-0.2, -0.15) is 5.10 Å². The van der Waals surface area contributed by atoms with Gasteiger partial charge in [0.15, 0.2) is 17.2 Å². The van der Waals surface area contributed by atoms with Gasteiger partial charge < -0.3 is 18.9 Å². The molecule has 33 heavy (non-hydrogen) atoms. The van der Waals surface area contributed by atoms with Crippen LogP contribution in [0.2, 0.25) is 0 Å². The van der Waals surface area contributed by atoms with E-state index < -0.39 is 11.9 Å². The van der Waals surface area contributed by atoms with Crippen molar-refractivity contribution in [3.05, 3.63) is 57.3 Å².